The molecule has 0 aliphatic rings. The van der Waals surface area contributed by atoms with Crippen molar-refractivity contribution >= 4 is 5.69 Å². The van der Waals surface area contributed by atoms with Crippen LogP contribution in [0, 0.1) is 6.92 Å². The first-order valence-corrected chi connectivity index (χ1v) is 5.06. The number of anilines is 1. The van der Waals surface area contributed by atoms with Gasteiger partial charge < -0.3 is 10.5 Å². The van der Waals surface area contributed by atoms with E-state index in [1.54, 1.807) is 13.3 Å². The summed E-state index contributed by atoms with van der Waals surface area (Å²) in [5, 5.41) is 0. The van der Waals surface area contributed by atoms with E-state index >= 15 is 0 Å². The van der Waals surface area contributed by atoms with Crippen molar-refractivity contribution in [2.24, 2.45) is 0 Å². The Morgan fingerprint density at radius 1 is 1.12 bits per heavy atom. The maximum atomic E-state index is 5.78. The van der Waals surface area contributed by atoms with E-state index in [4.69, 9.17) is 10.5 Å². The van der Waals surface area contributed by atoms with Crippen LogP contribution in [0.1, 0.15) is 5.56 Å². The van der Waals surface area contributed by atoms with E-state index in [-0.39, 0.29) is 0 Å². The van der Waals surface area contributed by atoms with E-state index in [9.17, 15) is 0 Å². The van der Waals surface area contributed by atoms with Gasteiger partial charge in [-0.1, -0.05) is 6.07 Å². The van der Waals surface area contributed by atoms with Crippen LogP contribution in [0.2, 0.25) is 0 Å². The van der Waals surface area contributed by atoms with Crippen molar-refractivity contribution in [2.45, 2.75) is 6.92 Å². The molecule has 0 saturated carbocycles. The monoisotopic (exact) mass is 214 g/mol. The number of pyridine rings is 1. The lowest BCUT2D eigenvalue weighted by Gasteiger charge is -2.06. The Bertz CT molecular complexity index is 509. The van der Waals surface area contributed by atoms with Gasteiger partial charge in [0.25, 0.3) is 0 Å². The molecule has 82 valence electrons. The van der Waals surface area contributed by atoms with E-state index in [0.717, 1.165) is 28.1 Å². The molecule has 1 aromatic heterocycles. The van der Waals surface area contributed by atoms with Crippen molar-refractivity contribution in [3.05, 3.63) is 42.2 Å². The fourth-order valence-corrected chi connectivity index (χ4v) is 1.54. The SMILES string of the molecule is COc1cncc(-c2ccc(N)c(C)c2)c1. The van der Waals surface area contributed by atoms with Crippen LogP contribution >= 0.6 is 0 Å². The number of benzene rings is 1. The highest BCUT2D eigenvalue weighted by Crippen LogP contribution is 2.25. The predicted octanol–water partition coefficient (Wildman–Crippen LogP) is 2.65. The second-order valence-electron chi connectivity index (χ2n) is 3.68. The van der Waals surface area contributed by atoms with Gasteiger partial charge in [0, 0.05) is 17.4 Å². The van der Waals surface area contributed by atoms with E-state index in [1.807, 2.05) is 37.4 Å². The molecule has 0 saturated heterocycles. The molecule has 1 aromatic carbocycles. The number of hydrogen-bond donors (Lipinski definition) is 1. The van der Waals surface area contributed by atoms with Crippen LogP contribution in [0.4, 0.5) is 5.69 Å². The van der Waals surface area contributed by atoms with Gasteiger partial charge in [-0.3, -0.25) is 4.98 Å². The average molecular weight is 214 g/mol. The van der Waals surface area contributed by atoms with Gasteiger partial charge in [-0.15, -0.1) is 0 Å². The maximum absolute atomic E-state index is 5.78. The van der Waals surface area contributed by atoms with Gasteiger partial charge in [0.05, 0.1) is 13.3 Å². The van der Waals surface area contributed by atoms with Gasteiger partial charge in [-0.05, 0) is 36.2 Å². The Kier molecular flexibility index (Phi) is 2.77. The molecule has 2 N–H and O–H groups in total. The molecule has 0 aliphatic heterocycles. The van der Waals surface area contributed by atoms with Gasteiger partial charge in [-0.2, -0.15) is 0 Å². The van der Waals surface area contributed by atoms with Crippen molar-refractivity contribution in [1.29, 1.82) is 0 Å². The zero-order chi connectivity index (χ0) is 11.5. The number of aromatic nitrogens is 1. The van der Waals surface area contributed by atoms with Crippen molar-refractivity contribution in [1.82, 2.24) is 4.98 Å². The zero-order valence-corrected chi connectivity index (χ0v) is 9.40. The number of nitrogens with two attached hydrogens (primary N) is 1. The molecule has 2 rings (SSSR count). The summed E-state index contributed by atoms with van der Waals surface area (Å²) in [7, 11) is 1.63. The highest BCUT2D eigenvalue weighted by atomic mass is 16.5. The first-order chi connectivity index (χ1) is 7.70. The highest BCUT2D eigenvalue weighted by molar-refractivity contribution is 5.67. The molecule has 0 unspecified atom stereocenters. The van der Waals surface area contributed by atoms with Gasteiger partial charge in [0.15, 0.2) is 0 Å². The summed E-state index contributed by atoms with van der Waals surface area (Å²) in [6.45, 7) is 1.99. The molecule has 0 fully saturated rings. The van der Waals surface area contributed by atoms with Gasteiger partial charge in [0.2, 0.25) is 0 Å². The quantitative estimate of drug-likeness (QED) is 0.782. The Morgan fingerprint density at radius 3 is 2.62 bits per heavy atom. The molecule has 0 spiro atoms. The molecule has 0 amide bonds. The van der Waals surface area contributed by atoms with E-state index in [1.165, 1.54) is 0 Å². The number of nitrogen functional groups attached to an aromatic ring is 1. The second kappa shape index (κ2) is 4.23. The Morgan fingerprint density at radius 2 is 1.94 bits per heavy atom. The fraction of sp³-hybridized carbons (Fsp3) is 0.154. The largest absolute Gasteiger partial charge is 0.495 e. The first kappa shape index (κ1) is 10.5. The van der Waals surface area contributed by atoms with Gasteiger partial charge in [-0.25, -0.2) is 0 Å². The molecular formula is C13H14N2O. The Hall–Kier alpha value is -2.03. The van der Waals surface area contributed by atoms with Gasteiger partial charge >= 0.3 is 0 Å². The summed E-state index contributed by atoms with van der Waals surface area (Å²) in [5.74, 6) is 0.756. The van der Waals surface area contributed by atoms with Crippen LogP contribution < -0.4 is 10.5 Å². The standard InChI is InChI=1S/C13H14N2O/c1-9-5-10(3-4-13(9)14)11-6-12(16-2)8-15-7-11/h3-8H,14H2,1-2H3. The minimum absolute atomic E-state index is 0.756. The number of nitrogens with zero attached hydrogens (tertiary/aromatic N) is 1. The topological polar surface area (TPSA) is 48.1 Å². The van der Waals surface area contributed by atoms with Crippen LogP contribution in [0.25, 0.3) is 11.1 Å². The third-order valence-corrected chi connectivity index (χ3v) is 2.55. The van der Waals surface area contributed by atoms with Crippen LogP contribution in [0.5, 0.6) is 5.75 Å². The van der Waals surface area contributed by atoms with Crippen LogP contribution in [0.15, 0.2) is 36.7 Å². The molecule has 2 aromatic rings. The third kappa shape index (κ3) is 1.98. The molecule has 0 radical (unpaired) electrons. The lowest BCUT2D eigenvalue weighted by molar-refractivity contribution is 0.413. The lowest BCUT2D eigenvalue weighted by atomic mass is 10.0. The summed E-state index contributed by atoms with van der Waals surface area (Å²) >= 11 is 0. The maximum Gasteiger partial charge on any atom is 0.137 e. The lowest BCUT2D eigenvalue weighted by Crippen LogP contribution is -1.90. The second-order valence-corrected chi connectivity index (χ2v) is 3.68. The van der Waals surface area contributed by atoms with Crippen molar-refractivity contribution in [2.75, 3.05) is 12.8 Å². The molecule has 16 heavy (non-hydrogen) atoms. The summed E-state index contributed by atoms with van der Waals surface area (Å²) in [6, 6.07) is 7.90. The van der Waals surface area contributed by atoms with E-state index in [0.29, 0.717) is 0 Å². The molecular weight excluding hydrogens is 200 g/mol. The molecule has 3 nitrogen and oxygen atoms in total. The number of ether oxygens (including phenoxy) is 1. The number of hydrogen-bond acceptors (Lipinski definition) is 3. The summed E-state index contributed by atoms with van der Waals surface area (Å²) in [5.41, 5.74) is 9.78. The average Bonchev–Trinajstić information content (AvgIpc) is 2.33. The van der Waals surface area contributed by atoms with Crippen LogP contribution in [0.3, 0.4) is 0 Å². The van der Waals surface area contributed by atoms with Crippen molar-refractivity contribution in [3.63, 3.8) is 0 Å². The molecule has 0 aliphatic carbocycles. The van der Waals surface area contributed by atoms with Crippen molar-refractivity contribution in [3.8, 4) is 16.9 Å². The number of aryl methyl sites for hydroxylation is 1. The Labute approximate surface area is 94.9 Å². The molecule has 0 bridgehead atoms. The highest BCUT2D eigenvalue weighted by Gasteiger charge is 2.02. The third-order valence-electron chi connectivity index (χ3n) is 2.55. The molecule has 1 heterocycles. The number of rotatable bonds is 2. The normalized spacial score (nSPS) is 10.1. The minimum Gasteiger partial charge on any atom is -0.495 e. The van der Waals surface area contributed by atoms with Crippen LogP contribution in [-0.2, 0) is 0 Å². The molecule has 3 heteroatoms. The first-order valence-electron chi connectivity index (χ1n) is 5.06. The van der Waals surface area contributed by atoms with Gasteiger partial charge in [0.1, 0.15) is 5.75 Å². The minimum atomic E-state index is 0.756. The number of methoxy groups -OCH3 is 1. The summed E-state index contributed by atoms with van der Waals surface area (Å²) < 4.78 is 5.14. The summed E-state index contributed by atoms with van der Waals surface area (Å²) in [6.07, 6.45) is 3.50. The van der Waals surface area contributed by atoms with Crippen molar-refractivity contribution < 1.29 is 4.74 Å². The predicted molar refractivity (Wildman–Crippen MR) is 65.4 cm³/mol. The van der Waals surface area contributed by atoms with E-state index in [2.05, 4.69) is 4.98 Å². The summed E-state index contributed by atoms with van der Waals surface area (Å²) in [4.78, 5) is 4.13. The smallest absolute Gasteiger partial charge is 0.137 e. The van der Waals surface area contributed by atoms with E-state index < -0.39 is 0 Å². The van der Waals surface area contributed by atoms with Crippen LogP contribution in [-0.4, -0.2) is 12.1 Å². The zero-order valence-electron chi connectivity index (χ0n) is 9.40. The molecule has 0 atom stereocenters. The fourth-order valence-electron chi connectivity index (χ4n) is 1.54. The Balaban J connectivity index is 2.46.